The Morgan fingerprint density at radius 2 is 1.72 bits per heavy atom. The fourth-order valence-electron chi connectivity index (χ4n) is 2.95. The van der Waals surface area contributed by atoms with Crippen LogP contribution in [0.3, 0.4) is 0 Å². The normalized spacial score (nSPS) is 12.1. The number of nitrogens with zero attached hydrogens (tertiary/aromatic N) is 2. The highest BCUT2D eigenvalue weighted by atomic mass is 32.2. The molecule has 0 amide bonds. The van der Waals surface area contributed by atoms with Crippen LogP contribution in [-0.4, -0.2) is 34.3 Å². The summed E-state index contributed by atoms with van der Waals surface area (Å²) in [5.41, 5.74) is 3.45. The number of H-pyrrole nitrogens is 1. The molecule has 1 aromatic heterocycles. The van der Waals surface area contributed by atoms with Crippen LogP contribution in [0.15, 0.2) is 58.5 Å². The van der Waals surface area contributed by atoms with Crippen molar-refractivity contribution in [3.05, 3.63) is 81.3 Å². The van der Waals surface area contributed by atoms with E-state index in [1.807, 2.05) is 62.4 Å². The van der Waals surface area contributed by atoms with E-state index in [0.717, 1.165) is 16.7 Å². The molecule has 1 N–H and O–H groups in total. The van der Waals surface area contributed by atoms with Crippen molar-refractivity contribution in [2.75, 3.05) is 13.7 Å². The molecule has 2 aromatic carbocycles. The van der Waals surface area contributed by atoms with Crippen LogP contribution < -0.4 is 5.69 Å². The molecule has 0 saturated carbocycles. The summed E-state index contributed by atoms with van der Waals surface area (Å²) in [6, 6.07) is 15.4. The first-order chi connectivity index (χ1) is 14.0. The molecule has 0 aliphatic heterocycles. The minimum Gasteiger partial charge on any atom is -0.385 e. The van der Waals surface area contributed by atoms with Crippen LogP contribution >= 0.6 is 11.8 Å². The SMILES string of the molecule is COCCCn1c(S[C@H](C(=O)c2ccc(C)cc2)c2ccc(C)cc2)n[nH]c1=O. The van der Waals surface area contributed by atoms with Crippen LogP contribution in [0, 0.1) is 13.8 Å². The number of aromatic nitrogens is 3. The van der Waals surface area contributed by atoms with Crippen molar-refractivity contribution < 1.29 is 9.53 Å². The van der Waals surface area contributed by atoms with Gasteiger partial charge in [0, 0.05) is 25.8 Å². The van der Waals surface area contributed by atoms with Gasteiger partial charge in [-0.15, -0.1) is 5.10 Å². The van der Waals surface area contributed by atoms with Gasteiger partial charge in [-0.1, -0.05) is 71.4 Å². The molecule has 152 valence electrons. The summed E-state index contributed by atoms with van der Waals surface area (Å²) < 4.78 is 6.64. The van der Waals surface area contributed by atoms with E-state index < -0.39 is 5.25 Å². The number of carbonyl (C=O) groups is 1. The van der Waals surface area contributed by atoms with E-state index in [4.69, 9.17) is 4.74 Å². The fourth-order valence-corrected chi connectivity index (χ4v) is 4.09. The number of aromatic amines is 1. The molecule has 0 unspecified atom stereocenters. The predicted molar refractivity (Wildman–Crippen MR) is 115 cm³/mol. The average molecular weight is 412 g/mol. The maximum atomic E-state index is 13.4. The quantitative estimate of drug-likeness (QED) is 0.328. The fraction of sp³-hybridized carbons (Fsp3) is 0.318. The number of thioether (sulfide) groups is 1. The molecule has 29 heavy (non-hydrogen) atoms. The van der Waals surface area contributed by atoms with Crippen molar-refractivity contribution in [1.29, 1.82) is 0 Å². The van der Waals surface area contributed by atoms with Crippen LogP contribution in [-0.2, 0) is 11.3 Å². The molecule has 0 radical (unpaired) electrons. The number of hydrogen-bond acceptors (Lipinski definition) is 5. The topological polar surface area (TPSA) is 77.0 Å². The Labute approximate surface area is 174 Å². The Morgan fingerprint density at radius 3 is 2.34 bits per heavy atom. The molecule has 0 saturated heterocycles. The van der Waals surface area contributed by atoms with E-state index in [0.29, 0.717) is 30.3 Å². The smallest absolute Gasteiger partial charge is 0.343 e. The number of methoxy groups -OCH3 is 1. The third-order valence-corrected chi connectivity index (χ3v) is 5.88. The van der Waals surface area contributed by atoms with Crippen molar-refractivity contribution in [3.63, 3.8) is 0 Å². The van der Waals surface area contributed by atoms with Crippen LogP contribution in [0.25, 0.3) is 0 Å². The van der Waals surface area contributed by atoms with Crippen molar-refractivity contribution >= 4 is 17.5 Å². The van der Waals surface area contributed by atoms with Crippen LogP contribution in [0.4, 0.5) is 0 Å². The first kappa shape index (κ1) is 21.1. The highest BCUT2D eigenvalue weighted by molar-refractivity contribution is 8.00. The second-order valence-corrected chi connectivity index (χ2v) is 8.02. The first-order valence-corrected chi connectivity index (χ1v) is 10.4. The lowest BCUT2D eigenvalue weighted by Crippen LogP contribution is -2.19. The molecule has 0 fully saturated rings. The Hall–Kier alpha value is -2.64. The van der Waals surface area contributed by atoms with Crippen LogP contribution in [0.2, 0.25) is 0 Å². The van der Waals surface area contributed by atoms with Crippen molar-refractivity contribution in [3.8, 4) is 0 Å². The van der Waals surface area contributed by atoms with Crippen LogP contribution in [0.1, 0.15) is 38.7 Å². The number of ether oxygens (including phenoxy) is 1. The zero-order valence-electron chi connectivity index (χ0n) is 16.8. The highest BCUT2D eigenvalue weighted by Crippen LogP contribution is 2.36. The number of rotatable bonds is 9. The van der Waals surface area contributed by atoms with Gasteiger partial charge < -0.3 is 4.74 Å². The van der Waals surface area contributed by atoms with E-state index >= 15 is 0 Å². The molecule has 0 spiro atoms. The third-order valence-electron chi connectivity index (χ3n) is 4.63. The monoisotopic (exact) mass is 411 g/mol. The summed E-state index contributed by atoms with van der Waals surface area (Å²) in [5.74, 6) is -0.0160. The largest absolute Gasteiger partial charge is 0.385 e. The van der Waals surface area contributed by atoms with Gasteiger partial charge in [0.15, 0.2) is 10.9 Å². The Kier molecular flexibility index (Phi) is 7.06. The molecule has 3 rings (SSSR count). The number of Topliss-reactive ketones (excluding diaryl/α,β-unsaturated/α-hetero) is 1. The number of nitrogens with one attached hydrogen (secondary N) is 1. The number of carbonyl (C=O) groups excluding carboxylic acids is 1. The van der Waals surface area contributed by atoms with Crippen molar-refractivity contribution in [1.82, 2.24) is 14.8 Å². The molecule has 3 aromatic rings. The van der Waals surface area contributed by atoms with Gasteiger partial charge in [-0.25, -0.2) is 9.89 Å². The molecule has 7 heteroatoms. The lowest BCUT2D eigenvalue weighted by molar-refractivity contribution is 0.0989. The second kappa shape index (κ2) is 9.71. The van der Waals surface area contributed by atoms with Gasteiger partial charge in [0.25, 0.3) is 0 Å². The van der Waals surface area contributed by atoms with E-state index in [1.165, 1.54) is 11.8 Å². The Balaban J connectivity index is 1.94. The van der Waals surface area contributed by atoms with Crippen molar-refractivity contribution in [2.45, 2.75) is 37.2 Å². The van der Waals surface area contributed by atoms with Gasteiger partial charge in [-0.2, -0.15) is 0 Å². The minimum atomic E-state index is -0.505. The lowest BCUT2D eigenvalue weighted by atomic mass is 10.0. The van der Waals surface area contributed by atoms with Gasteiger partial charge in [0.05, 0.1) is 0 Å². The molecular weight excluding hydrogens is 386 g/mol. The van der Waals surface area contributed by atoms with Gasteiger partial charge >= 0.3 is 5.69 Å². The zero-order chi connectivity index (χ0) is 20.8. The molecule has 6 nitrogen and oxygen atoms in total. The summed E-state index contributed by atoms with van der Waals surface area (Å²) in [4.78, 5) is 25.5. The standard InChI is InChI=1S/C22H25N3O3S/c1-15-5-9-17(10-6-15)19(26)20(18-11-7-16(2)8-12-18)29-22-24-23-21(27)25(22)13-4-14-28-3/h5-12,20H,4,13-14H2,1-3H3,(H,23,27)/t20-/m0/s1. The highest BCUT2D eigenvalue weighted by Gasteiger charge is 2.26. The van der Waals surface area contributed by atoms with Gasteiger partial charge in [0.2, 0.25) is 0 Å². The second-order valence-electron chi connectivity index (χ2n) is 6.95. The van der Waals surface area contributed by atoms with Crippen molar-refractivity contribution in [2.24, 2.45) is 0 Å². The number of ketones is 1. The van der Waals surface area contributed by atoms with E-state index in [1.54, 1.807) is 11.7 Å². The molecule has 0 aliphatic rings. The average Bonchev–Trinajstić information content (AvgIpc) is 3.07. The number of hydrogen-bond donors (Lipinski definition) is 1. The molecular formula is C22H25N3O3S. The maximum Gasteiger partial charge on any atom is 0.343 e. The van der Waals surface area contributed by atoms with E-state index in [-0.39, 0.29) is 11.5 Å². The molecule has 0 aliphatic carbocycles. The van der Waals surface area contributed by atoms with Crippen LogP contribution in [0.5, 0.6) is 0 Å². The van der Waals surface area contributed by atoms with Gasteiger partial charge in [-0.3, -0.25) is 9.36 Å². The summed E-state index contributed by atoms with van der Waals surface area (Å²) in [6.45, 7) is 5.02. The molecule has 1 atom stereocenters. The van der Waals surface area contributed by atoms with Gasteiger partial charge in [-0.05, 0) is 25.8 Å². The summed E-state index contributed by atoms with van der Waals surface area (Å²) in [7, 11) is 1.63. The predicted octanol–water partition coefficient (Wildman–Crippen LogP) is 3.94. The minimum absolute atomic E-state index is 0.0160. The summed E-state index contributed by atoms with van der Waals surface area (Å²) >= 11 is 1.29. The van der Waals surface area contributed by atoms with E-state index in [2.05, 4.69) is 10.2 Å². The zero-order valence-corrected chi connectivity index (χ0v) is 17.7. The first-order valence-electron chi connectivity index (χ1n) is 9.48. The molecule has 0 bridgehead atoms. The summed E-state index contributed by atoms with van der Waals surface area (Å²) in [5, 5.41) is 6.66. The number of benzene rings is 2. The van der Waals surface area contributed by atoms with E-state index in [9.17, 15) is 9.59 Å². The lowest BCUT2D eigenvalue weighted by Gasteiger charge is -2.16. The number of aryl methyl sites for hydroxylation is 2. The third kappa shape index (κ3) is 5.25. The Morgan fingerprint density at radius 1 is 1.10 bits per heavy atom. The Bertz CT molecular complexity index is 1010. The maximum absolute atomic E-state index is 13.4. The summed E-state index contributed by atoms with van der Waals surface area (Å²) in [6.07, 6.45) is 0.685. The molecule has 1 heterocycles. The van der Waals surface area contributed by atoms with Gasteiger partial charge in [0.1, 0.15) is 5.25 Å².